The van der Waals surface area contributed by atoms with Crippen LogP contribution in [0.4, 0.5) is 11.4 Å². The fourth-order valence-electron chi connectivity index (χ4n) is 4.44. The SMILES string of the molecule is O=C(NC(c1ccccc1)c1ccccc1)c1ccc2c(c1)NC(=O)[C@H]1CCCN21. The Morgan fingerprint density at radius 1 is 0.967 bits per heavy atom. The van der Waals surface area contributed by atoms with Crippen molar-refractivity contribution in [1.82, 2.24) is 5.32 Å². The summed E-state index contributed by atoms with van der Waals surface area (Å²) in [5.74, 6) is -0.155. The summed E-state index contributed by atoms with van der Waals surface area (Å²) >= 11 is 0. The Hall–Kier alpha value is -3.60. The molecule has 5 rings (SSSR count). The van der Waals surface area contributed by atoms with Gasteiger partial charge in [-0.3, -0.25) is 9.59 Å². The molecule has 2 N–H and O–H groups in total. The molecule has 5 nitrogen and oxygen atoms in total. The number of carbonyl (C=O) groups excluding carboxylic acids is 2. The van der Waals surface area contributed by atoms with Gasteiger partial charge in [-0.1, -0.05) is 60.7 Å². The van der Waals surface area contributed by atoms with E-state index in [2.05, 4.69) is 15.5 Å². The van der Waals surface area contributed by atoms with Crippen LogP contribution < -0.4 is 15.5 Å². The van der Waals surface area contributed by atoms with Gasteiger partial charge in [-0.25, -0.2) is 0 Å². The first-order chi connectivity index (χ1) is 14.7. The maximum atomic E-state index is 13.2. The van der Waals surface area contributed by atoms with Gasteiger partial charge in [0.25, 0.3) is 5.91 Å². The largest absolute Gasteiger partial charge is 0.358 e. The van der Waals surface area contributed by atoms with E-state index in [0.29, 0.717) is 11.3 Å². The third-order valence-corrected chi connectivity index (χ3v) is 5.92. The smallest absolute Gasteiger partial charge is 0.252 e. The second-order valence-corrected chi connectivity index (χ2v) is 7.80. The fraction of sp³-hybridized carbons (Fsp3) is 0.200. The Labute approximate surface area is 175 Å². The number of anilines is 2. The summed E-state index contributed by atoms with van der Waals surface area (Å²) in [6, 6.07) is 25.1. The van der Waals surface area contributed by atoms with Crippen LogP contribution in [0.1, 0.15) is 40.4 Å². The lowest BCUT2D eigenvalue weighted by atomic mass is 9.98. The molecular weight excluding hydrogens is 374 g/mol. The molecule has 30 heavy (non-hydrogen) atoms. The molecular formula is C25H23N3O2. The normalized spacial score (nSPS) is 17.3. The molecule has 3 aromatic rings. The van der Waals surface area contributed by atoms with E-state index in [9.17, 15) is 9.59 Å². The van der Waals surface area contributed by atoms with Gasteiger partial charge in [0.15, 0.2) is 0 Å². The Morgan fingerprint density at radius 2 is 1.63 bits per heavy atom. The predicted molar refractivity (Wildman–Crippen MR) is 118 cm³/mol. The zero-order chi connectivity index (χ0) is 20.5. The van der Waals surface area contributed by atoms with Crippen LogP contribution in [0.2, 0.25) is 0 Å². The number of fused-ring (bicyclic) bond motifs is 3. The van der Waals surface area contributed by atoms with Crippen LogP contribution in [-0.4, -0.2) is 24.4 Å². The Kier molecular flexibility index (Phi) is 4.71. The maximum Gasteiger partial charge on any atom is 0.252 e. The molecule has 2 amide bonds. The summed E-state index contributed by atoms with van der Waals surface area (Å²) < 4.78 is 0. The zero-order valence-electron chi connectivity index (χ0n) is 16.5. The minimum atomic E-state index is -0.256. The number of hydrogen-bond acceptors (Lipinski definition) is 3. The molecule has 1 saturated heterocycles. The topological polar surface area (TPSA) is 61.4 Å². The first-order valence-corrected chi connectivity index (χ1v) is 10.3. The van der Waals surface area contributed by atoms with E-state index in [0.717, 1.165) is 36.2 Å². The minimum absolute atomic E-state index is 0.0176. The van der Waals surface area contributed by atoms with Crippen LogP contribution >= 0.6 is 0 Å². The minimum Gasteiger partial charge on any atom is -0.358 e. The Morgan fingerprint density at radius 3 is 2.30 bits per heavy atom. The molecule has 1 fully saturated rings. The van der Waals surface area contributed by atoms with E-state index in [1.54, 1.807) is 6.07 Å². The van der Waals surface area contributed by atoms with Gasteiger partial charge in [0.1, 0.15) is 6.04 Å². The van der Waals surface area contributed by atoms with Crippen molar-refractivity contribution < 1.29 is 9.59 Å². The molecule has 0 spiro atoms. The lowest BCUT2D eigenvalue weighted by Gasteiger charge is -2.33. The van der Waals surface area contributed by atoms with Crippen LogP contribution in [0.15, 0.2) is 78.9 Å². The van der Waals surface area contributed by atoms with Crippen LogP contribution in [0.25, 0.3) is 0 Å². The first-order valence-electron chi connectivity index (χ1n) is 10.3. The first kappa shape index (κ1) is 18.4. The molecule has 0 aromatic heterocycles. The summed E-state index contributed by atoms with van der Waals surface area (Å²) in [7, 11) is 0. The monoisotopic (exact) mass is 397 g/mol. The summed E-state index contributed by atoms with van der Waals surface area (Å²) in [6.45, 7) is 0.876. The molecule has 0 saturated carbocycles. The second kappa shape index (κ2) is 7.67. The van der Waals surface area contributed by atoms with Crippen molar-refractivity contribution in [2.24, 2.45) is 0 Å². The van der Waals surface area contributed by atoms with Crippen molar-refractivity contribution in [3.8, 4) is 0 Å². The lowest BCUT2D eigenvalue weighted by Crippen LogP contribution is -2.44. The van der Waals surface area contributed by atoms with Crippen molar-refractivity contribution in [2.75, 3.05) is 16.8 Å². The van der Waals surface area contributed by atoms with E-state index < -0.39 is 0 Å². The van der Waals surface area contributed by atoms with E-state index in [1.165, 1.54) is 0 Å². The van der Waals surface area contributed by atoms with Gasteiger partial charge in [0.2, 0.25) is 5.91 Å². The number of carbonyl (C=O) groups is 2. The zero-order valence-corrected chi connectivity index (χ0v) is 16.5. The highest BCUT2D eigenvalue weighted by atomic mass is 16.2. The molecule has 150 valence electrons. The average Bonchev–Trinajstić information content (AvgIpc) is 3.29. The molecule has 2 heterocycles. The van der Waals surface area contributed by atoms with Crippen LogP contribution in [0.5, 0.6) is 0 Å². The van der Waals surface area contributed by atoms with Crippen molar-refractivity contribution >= 4 is 23.2 Å². The molecule has 0 unspecified atom stereocenters. The Balaban J connectivity index is 1.44. The highest BCUT2D eigenvalue weighted by Crippen LogP contribution is 2.37. The summed E-state index contributed by atoms with van der Waals surface area (Å²) in [5, 5.41) is 6.15. The highest BCUT2D eigenvalue weighted by Gasteiger charge is 2.36. The summed E-state index contributed by atoms with van der Waals surface area (Å²) in [4.78, 5) is 27.7. The molecule has 1 atom stereocenters. The summed E-state index contributed by atoms with van der Waals surface area (Å²) in [5.41, 5.74) is 4.27. The van der Waals surface area contributed by atoms with Crippen molar-refractivity contribution in [3.05, 3.63) is 95.6 Å². The lowest BCUT2D eigenvalue weighted by molar-refractivity contribution is -0.117. The number of nitrogens with one attached hydrogen (secondary N) is 2. The predicted octanol–water partition coefficient (Wildman–Crippen LogP) is 4.13. The van der Waals surface area contributed by atoms with Gasteiger partial charge in [-0.05, 0) is 42.2 Å². The number of hydrogen-bond donors (Lipinski definition) is 2. The van der Waals surface area contributed by atoms with Crippen LogP contribution in [0, 0.1) is 0 Å². The quantitative estimate of drug-likeness (QED) is 0.696. The average molecular weight is 397 g/mol. The molecule has 3 aromatic carbocycles. The fourth-order valence-corrected chi connectivity index (χ4v) is 4.44. The Bertz CT molecular complexity index is 1040. The maximum absolute atomic E-state index is 13.2. The molecule has 0 radical (unpaired) electrons. The third-order valence-electron chi connectivity index (χ3n) is 5.92. The van der Waals surface area contributed by atoms with Gasteiger partial charge in [0.05, 0.1) is 17.4 Å². The van der Waals surface area contributed by atoms with Gasteiger partial charge < -0.3 is 15.5 Å². The van der Waals surface area contributed by atoms with Crippen molar-refractivity contribution in [2.45, 2.75) is 24.9 Å². The van der Waals surface area contributed by atoms with Gasteiger partial charge in [-0.15, -0.1) is 0 Å². The van der Waals surface area contributed by atoms with Crippen LogP contribution in [0.3, 0.4) is 0 Å². The van der Waals surface area contributed by atoms with Gasteiger partial charge in [0, 0.05) is 12.1 Å². The highest BCUT2D eigenvalue weighted by molar-refractivity contribution is 6.06. The van der Waals surface area contributed by atoms with E-state index in [4.69, 9.17) is 0 Å². The molecule has 5 heteroatoms. The molecule has 2 aliphatic heterocycles. The number of amides is 2. The second-order valence-electron chi connectivity index (χ2n) is 7.80. The van der Waals surface area contributed by atoms with Crippen LogP contribution in [-0.2, 0) is 4.79 Å². The number of benzene rings is 3. The summed E-state index contributed by atoms with van der Waals surface area (Å²) in [6.07, 6.45) is 1.89. The molecule has 0 bridgehead atoms. The van der Waals surface area contributed by atoms with Gasteiger partial charge in [-0.2, -0.15) is 0 Å². The van der Waals surface area contributed by atoms with E-state index >= 15 is 0 Å². The van der Waals surface area contributed by atoms with Crippen molar-refractivity contribution in [3.63, 3.8) is 0 Å². The van der Waals surface area contributed by atoms with E-state index in [1.807, 2.05) is 72.8 Å². The standard InChI is InChI=1S/C25H23N3O2/c29-24(27-23(17-8-3-1-4-9-17)18-10-5-2-6-11-18)19-13-14-21-20(16-19)26-25(30)22-12-7-15-28(21)22/h1-6,8-11,13-14,16,22-23H,7,12,15H2,(H,26,30)(H,27,29)/t22-/m1/s1. The third kappa shape index (κ3) is 3.32. The number of nitrogens with zero attached hydrogens (tertiary/aromatic N) is 1. The number of rotatable bonds is 4. The van der Waals surface area contributed by atoms with Gasteiger partial charge >= 0.3 is 0 Å². The molecule has 0 aliphatic carbocycles. The van der Waals surface area contributed by atoms with Crippen molar-refractivity contribution in [1.29, 1.82) is 0 Å². The molecule has 2 aliphatic rings. The van der Waals surface area contributed by atoms with E-state index in [-0.39, 0.29) is 23.9 Å².